The molecule has 1 atom stereocenters. The van der Waals surface area contributed by atoms with Crippen LogP contribution < -0.4 is 9.46 Å². The van der Waals surface area contributed by atoms with E-state index in [1.54, 1.807) is 0 Å². The summed E-state index contributed by atoms with van der Waals surface area (Å²) in [4.78, 5) is 3.78. The molecule has 1 rings (SSSR count). The lowest BCUT2D eigenvalue weighted by Crippen LogP contribution is -2.02. The molecule has 62 valence electrons. The summed E-state index contributed by atoms with van der Waals surface area (Å²) in [5.74, 6) is 0.336. The van der Waals surface area contributed by atoms with E-state index in [4.69, 9.17) is 0 Å². The molecule has 11 heavy (non-hydrogen) atoms. The zero-order chi connectivity index (χ0) is 8.27. The number of ether oxygens (including phenoxy) is 1. The number of nitrogens with zero attached hydrogens (tertiary/aromatic N) is 2. The van der Waals surface area contributed by atoms with E-state index in [0.717, 1.165) is 0 Å². The molecule has 0 aliphatic heterocycles. The van der Waals surface area contributed by atoms with Crippen molar-refractivity contribution in [1.82, 2.24) is 15.2 Å². The maximum absolute atomic E-state index is 10.6. The third kappa shape index (κ3) is 2.19. The first kappa shape index (κ1) is 7.99. The van der Waals surface area contributed by atoms with Gasteiger partial charge >= 0.3 is 6.01 Å². The van der Waals surface area contributed by atoms with Crippen LogP contribution in [0.1, 0.15) is 0 Å². The molecule has 1 heterocycles. The SMILES string of the molecule is COc1n[nH]c(NS(C)=O)n1. The first-order chi connectivity index (χ1) is 5.22. The zero-order valence-corrected chi connectivity index (χ0v) is 6.94. The fourth-order valence-corrected chi connectivity index (χ4v) is 0.883. The Labute approximate surface area is 66.0 Å². The minimum atomic E-state index is -1.14. The van der Waals surface area contributed by atoms with Crippen LogP contribution in [0.5, 0.6) is 6.01 Å². The molecule has 1 unspecified atom stereocenters. The van der Waals surface area contributed by atoms with Gasteiger partial charge < -0.3 is 4.74 Å². The quantitative estimate of drug-likeness (QED) is 0.651. The van der Waals surface area contributed by atoms with Gasteiger partial charge in [-0.2, -0.15) is 4.98 Å². The van der Waals surface area contributed by atoms with Gasteiger partial charge in [0.25, 0.3) is 0 Å². The summed E-state index contributed by atoms with van der Waals surface area (Å²) in [5.41, 5.74) is 0. The predicted octanol–water partition coefficient (Wildman–Crippen LogP) is -0.481. The molecule has 7 heteroatoms. The number of nitrogens with one attached hydrogen (secondary N) is 2. The Bertz CT molecular complexity index is 260. The smallest absolute Gasteiger partial charge is 0.336 e. The topological polar surface area (TPSA) is 79.9 Å². The summed E-state index contributed by atoms with van der Waals surface area (Å²) in [6.07, 6.45) is 1.50. The fraction of sp³-hybridized carbons (Fsp3) is 0.500. The zero-order valence-electron chi connectivity index (χ0n) is 6.12. The first-order valence-corrected chi connectivity index (χ1v) is 4.34. The van der Waals surface area contributed by atoms with Crippen molar-refractivity contribution in [2.45, 2.75) is 0 Å². The average molecular weight is 176 g/mol. The minimum absolute atomic E-state index is 0.220. The molecule has 0 saturated heterocycles. The van der Waals surface area contributed by atoms with E-state index < -0.39 is 11.0 Å². The van der Waals surface area contributed by atoms with Crippen molar-refractivity contribution in [3.8, 4) is 6.01 Å². The maximum atomic E-state index is 10.6. The lowest BCUT2D eigenvalue weighted by atomic mass is 11.1. The van der Waals surface area contributed by atoms with Gasteiger partial charge in [-0.15, -0.1) is 5.10 Å². The maximum Gasteiger partial charge on any atom is 0.336 e. The number of hydrogen-bond acceptors (Lipinski definition) is 4. The van der Waals surface area contributed by atoms with Gasteiger partial charge in [-0.25, -0.2) is 9.31 Å². The number of rotatable bonds is 3. The Hall–Kier alpha value is -1.11. The molecule has 1 aromatic rings. The van der Waals surface area contributed by atoms with Crippen molar-refractivity contribution in [3.63, 3.8) is 0 Å². The number of methoxy groups -OCH3 is 1. The Balaban J connectivity index is 2.65. The third-order valence-corrected chi connectivity index (χ3v) is 1.37. The van der Waals surface area contributed by atoms with Gasteiger partial charge in [0, 0.05) is 6.26 Å². The van der Waals surface area contributed by atoms with Crippen LogP contribution in [-0.2, 0) is 11.0 Å². The molecule has 0 bridgehead atoms. The highest BCUT2D eigenvalue weighted by Crippen LogP contribution is 2.03. The van der Waals surface area contributed by atoms with E-state index in [0.29, 0.717) is 5.95 Å². The minimum Gasteiger partial charge on any atom is -0.466 e. The van der Waals surface area contributed by atoms with E-state index in [1.807, 2.05) is 0 Å². The average Bonchev–Trinajstić information content (AvgIpc) is 2.34. The second-order valence-corrected chi connectivity index (χ2v) is 2.84. The van der Waals surface area contributed by atoms with Crippen molar-refractivity contribution in [3.05, 3.63) is 0 Å². The molecule has 0 radical (unpaired) electrons. The van der Waals surface area contributed by atoms with Crippen molar-refractivity contribution in [1.29, 1.82) is 0 Å². The van der Waals surface area contributed by atoms with Crippen LogP contribution in [0.25, 0.3) is 0 Å². The Morgan fingerprint density at radius 3 is 2.91 bits per heavy atom. The summed E-state index contributed by atoms with van der Waals surface area (Å²) in [6.45, 7) is 0. The number of aromatic nitrogens is 3. The largest absolute Gasteiger partial charge is 0.466 e. The number of H-pyrrole nitrogens is 1. The molecular formula is C4H8N4O2S. The molecular weight excluding hydrogens is 168 g/mol. The van der Waals surface area contributed by atoms with Gasteiger partial charge in [-0.05, 0) is 0 Å². The Kier molecular flexibility index (Phi) is 2.42. The van der Waals surface area contributed by atoms with Gasteiger partial charge in [0.15, 0.2) is 0 Å². The molecule has 0 fully saturated rings. The first-order valence-electron chi connectivity index (χ1n) is 2.79. The Morgan fingerprint density at radius 1 is 1.73 bits per heavy atom. The van der Waals surface area contributed by atoms with E-state index in [9.17, 15) is 4.21 Å². The van der Waals surface area contributed by atoms with Crippen LogP contribution in [0, 0.1) is 0 Å². The van der Waals surface area contributed by atoms with Crippen molar-refractivity contribution in [2.24, 2.45) is 0 Å². The molecule has 0 amide bonds. The van der Waals surface area contributed by atoms with Crippen LogP contribution in [-0.4, -0.2) is 32.8 Å². The summed E-state index contributed by atoms with van der Waals surface area (Å²) in [5, 5.41) is 6.13. The van der Waals surface area contributed by atoms with Gasteiger partial charge in [0.2, 0.25) is 5.95 Å². The summed E-state index contributed by atoms with van der Waals surface area (Å²) >= 11 is 0. The summed E-state index contributed by atoms with van der Waals surface area (Å²) in [6, 6.07) is 0.220. The second-order valence-electron chi connectivity index (χ2n) is 1.73. The standard InChI is InChI=1S/C4H8N4O2S/c1-10-4-5-3(6-7-4)8-11(2)9/h1-2H3,(H2,5,6,7,8). The number of anilines is 1. The molecule has 0 aliphatic rings. The van der Waals surface area contributed by atoms with Crippen LogP contribution in [0.2, 0.25) is 0 Å². The van der Waals surface area contributed by atoms with Crippen LogP contribution in [0.4, 0.5) is 5.95 Å². The van der Waals surface area contributed by atoms with Crippen molar-refractivity contribution in [2.75, 3.05) is 18.1 Å². The van der Waals surface area contributed by atoms with E-state index in [1.165, 1.54) is 13.4 Å². The Morgan fingerprint density at radius 2 is 2.45 bits per heavy atom. The molecule has 2 N–H and O–H groups in total. The molecule has 0 aliphatic carbocycles. The van der Waals surface area contributed by atoms with Gasteiger partial charge in [0.05, 0.1) is 7.11 Å². The lowest BCUT2D eigenvalue weighted by molar-refractivity contribution is 0.382. The highest BCUT2D eigenvalue weighted by Gasteiger charge is 2.01. The van der Waals surface area contributed by atoms with E-state index >= 15 is 0 Å². The van der Waals surface area contributed by atoms with Crippen molar-refractivity contribution >= 4 is 16.9 Å². The van der Waals surface area contributed by atoms with Gasteiger partial charge in [-0.3, -0.25) is 4.72 Å². The molecule has 0 aromatic carbocycles. The fourth-order valence-electron chi connectivity index (χ4n) is 0.519. The second kappa shape index (κ2) is 3.33. The summed E-state index contributed by atoms with van der Waals surface area (Å²) < 4.78 is 17.8. The van der Waals surface area contributed by atoms with Crippen LogP contribution in [0.15, 0.2) is 0 Å². The van der Waals surface area contributed by atoms with Gasteiger partial charge in [-0.1, -0.05) is 0 Å². The lowest BCUT2D eigenvalue weighted by Gasteiger charge is -1.92. The van der Waals surface area contributed by atoms with Crippen molar-refractivity contribution < 1.29 is 8.95 Å². The molecule has 0 saturated carbocycles. The normalized spacial score (nSPS) is 12.5. The van der Waals surface area contributed by atoms with Crippen LogP contribution >= 0.6 is 0 Å². The third-order valence-electron chi connectivity index (χ3n) is 0.888. The highest BCUT2D eigenvalue weighted by atomic mass is 32.2. The molecule has 0 spiro atoms. The van der Waals surface area contributed by atoms with Crippen LogP contribution in [0.3, 0.4) is 0 Å². The monoisotopic (exact) mass is 176 g/mol. The number of hydrogen-bond donors (Lipinski definition) is 2. The van der Waals surface area contributed by atoms with Gasteiger partial charge in [0.1, 0.15) is 11.0 Å². The molecule has 6 nitrogen and oxygen atoms in total. The summed E-state index contributed by atoms with van der Waals surface area (Å²) in [7, 11) is 0.310. The highest BCUT2D eigenvalue weighted by molar-refractivity contribution is 7.85. The molecule has 1 aromatic heterocycles. The number of aromatic amines is 1. The predicted molar refractivity (Wildman–Crippen MR) is 40.6 cm³/mol. The van der Waals surface area contributed by atoms with E-state index in [2.05, 4.69) is 24.6 Å². The van der Waals surface area contributed by atoms with E-state index in [-0.39, 0.29) is 6.01 Å².